The molecule has 278 valence electrons. The van der Waals surface area contributed by atoms with Crippen molar-refractivity contribution >= 4 is 44.6 Å². The van der Waals surface area contributed by atoms with E-state index in [1.54, 1.807) is 0 Å². The predicted molar refractivity (Wildman–Crippen MR) is 237 cm³/mol. The molecule has 0 saturated heterocycles. The molecular formula is C55H35NO3. The fourth-order valence-electron chi connectivity index (χ4n) is 10.3. The second kappa shape index (κ2) is 12.2. The lowest BCUT2D eigenvalue weighted by molar-refractivity contribution is 0.359. The number of fused-ring (bicyclic) bond motifs is 14. The Hall–Kier alpha value is -7.56. The molecule has 4 aliphatic rings. The first-order valence-electron chi connectivity index (χ1n) is 20.4. The van der Waals surface area contributed by atoms with Crippen molar-refractivity contribution in [1.29, 1.82) is 0 Å². The average Bonchev–Trinajstić information content (AvgIpc) is 3.92. The maximum atomic E-state index is 6.96. The van der Waals surface area contributed by atoms with Gasteiger partial charge in [-0.15, -0.1) is 0 Å². The molecule has 59 heavy (non-hydrogen) atoms. The van der Waals surface area contributed by atoms with Gasteiger partial charge in [-0.1, -0.05) is 115 Å². The summed E-state index contributed by atoms with van der Waals surface area (Å²) in [7, 11) is 0. The molecule has 4 heteroatoms. The smallest absolute Gasteiger partial charge is 0.172 e. The van der Waals surface area contributed by atoms with E-state index in [0.29, 0.717) is 11.5 Å². The molecule has 1 aliphatic heterocycles. The molecule has 0 saturated carbocycles. The summed E-state index contributed by atoms with van der Waals surface area (Å²) >= 11 is 0. The maximum absolute atomic E-state index is 6.96. The van der Waals surface area contributed by atoms with Crippen molar-refractivity contribution in [3.63, 3.8) is 0 Å². The largest absolute Gasteiger partial charge is 0.456 e. The fraction of sp³-hybridized carbons (Fsp3) is 0.0545. The van der Waals surface area contributed by atoms with Gasteiger partial charge in [0.15, 0.2) is 23.0 Å². The summed E-state index contributed by atoms with van der Waals surface area (Å²) in [5, 5.41) is 2.23. The Morgan fingerprint density at radius 2 is 1.12 bits per heavy atom. The van der Waals surface area contributed by atoms with Gasteiger partial charge in [0.25, 0.3) is 0 Å². The van der Waals surface area contributed by atoms with Crippen molar-refractivity contribution in [2.24, 2.45) is 0 Å². The monoisotopic (exact) mass is 757 g/mol. The van der Waals surface area contributed by atoms with E-state index in [4.69, 9.17) is 13.9 Å². The van der Waals surface area contributed by atoms with Crippen LogP contribution in [0.1, 0.15) is 35.1 Å². The van der Waals surface area contributed by atoms with E-state index in [1.165, 1.54) is 44.5 Å². The third kappa shape index (κ3) is 4.60. The zero-order chi connectivity index (χ0) is 38.7. The van der Waals surface area contributed by atoms with Crippen LogP contribution in [0.2, 0.25) is 0 Å². The Morgan fingerprint density at radius 3 is 1.98 bits per heavy atom. The molecule has 0 fully saturated rings. The van der Waals surface area contributed by atoms with Crippen LogP contribution in [-0.2, 0) is 5.41 Å². The molecule has 0 amide bonds. The molecule has 0 radical (unpaired) electrons. The second-order valence-electron chi connectivity index (χ2n) is 15.9. The number of anilines is 3. The standard InChI is InChI=1S/C55H35NO3/c1-2-14-36(15-3-1)56(37-16-12-13-34(29-37)35-25-27-50-44(30-35)42-20-7-11-24-49(42)57-50)38-26-28-51-52(31-38)59-54-33-48-43(32-53(54)58-51)41-19-6-10-23-47(41)55(48)45-21-8-4-17-39(45)40-18-5-9-22-46(40)55/h1-5,7-18,20-33H,6,19H2. The summed E-state index contributed by atoms with van der Waals surface area (Å²) in [5.41, 5.74) is 17.2. The first-order chi connectivity index (χ1) is 29.2. The van der Waals surface area contributed by atoms with Crippen molar-refractivity contribution in [2.75, 3.05) is 4.90 Å². The molecule has 4 nitrogen and oxygen atoms in total. The van der Waals surface area contributed by atoms with Crippen LogP contribution >= 0.6 is 0 Å². The van der Waals surface area contributed by atoms with Crippen LogP contribution in [0.15, 0.2) is 198 Å². The molecule has 8 aromatic carbocycles. The molecule has 1 spiro atoms. The van der Waals surface area contributed by atoms with Gasteiger partial charge in [-0.05, 0) is 135 Å². The zero-order valence-electron chi connectivity index (χ0n) is 32.0. The molecule has 0 atom stereocenters. The van der Waals surface area contributed by atoms with E-state index in [2.05, 4.69) is 175 Å². The molecule has 2 heterocycles. The lowest BCUT2D eigenvalue weighted by Gasteiger charge is -2.33. The van der Waals surface area contributed by atoms with Gasteiger partial charge in [0.2, 0.25) is 0 Å². The van der Waals surface area contributed by atoms with Crippen LogP contribution in [0.25, 0.3) is 49.8 Å². The molecule has 9 aromatic rings. The lowest BCUT2D eigenvalue weighted by atomic mass is 9.69. The van der Waals surface area contributed by atoms with Gasteiger partial charge < -0.3 is 18.8 Å². The van der Waals surface area contributed by atoms with Crippen LogP contribution in [0, 0.1) is 0 Å². The topological polar surface area (TPSA) is 34.8 Å². The van der Waals surface area contributed by atoms with Gasteiger partial charge in [-0.2, -0.15) is 0 Å². The number of hydrogen-bond donors (Lipinski definition) is 0. The SMILES string of the molecule is C1=CC2=C(CC1)c1cc3c(cc1C21c2ccccc2-c2ccccc21)Oc1cc(N(c2ccccc2)c2cccc(-c4ccc5oc6ccccc6c5c4)c2)ccc1O3. The van der Waals surface area contributed by atoms with E-state index in [9.17, 15) is 0 Å². The number of allylic oxidation sites excluding steroid dienone is 4. The van der Waals surface area contributed by atoms with Gasteiger partial charge >= 0.3 is 0 Å². The minimum absolute atomic E-state index is 0.417. The number of para-hydroxylation sites is 2. The Bertz CT molecular complexity index is 3250. The van der Waals surface area contributed by atoms with E-state index in [0.717, 1.165) is 74.5 Å². The first kappa shape index (κ1) is 32.5. The molecule has 0 N–H and O–H groups in total. The van der Waals surface area contributed by atoms with Crippen LogP contribution in [-0.4, -0.2) is 0 Å². The van der Waals surface area contributed by atoms with Crippen LogP contribution in [0.3, 0.4) is 0 Å². The quantitative estimate of drug-likeness (QED) is 0.179. The summed E-state index contributed by atoms with van der Waals surface area (Å²) < 4.78 is 19.9. The number of rotatable bonds is 4. The summed E-state index contributed by atoms with van der Waals surface area (Å²) in [5.74, 6) is 2.86. The molecule has 1 aromatic heterocycles. The van der Waals surface area contributed by atoms with Gasteiger partial charge in [-0.25, -0.2) is 0 Å². The van der Waals surface area contributed by atoms with Crippen LogP contribution in [0.4, 0.5) is 17.1 Å². The van der Waals surface area contributed by atoms with Crippen molar-refractivity contribution in [2.45, 2.75) is 18.3 Å². The summed E-state index contributed by atoms with van der Waals surface area (Å²) in [6.45, 7) is 0. The summed E-state index contributed by atoms with van der Waals surface area (Å²) in [6.07, 6.45) is 6.74. The van der Waals surface area contributed by atoms with Gasteiger partial charge in [-0.3, -0.25) is 0 Å². The van der Waals surface area contributed by atoms with E-state index < -0.39 is 5.41 Å². The third-order valence-electron chi connectivity index (χ3n) is 12.8. The number of hydrogen-bond acceptors (Lipinski definition) is 4. The van der Waals surface area contributed by atoms with Crippen molar-refractivity contribution in [3.8, 4) is 45.3 Å². The Morgan fingerprint density at radius 1 is 0.441 bits per heavy atom. The molecule has 0 bridgehead atoms. The minimum Gasteiger partial charge on any atom is -0.456 e. The highest BCUT2D eigenvalue weighted by Crippen LogP contribution is 2.65. The van der Waals surface area contributed by atoms with Gasteiger partial charge in [0.1, 0.15) is 11.2 Å². The highest BCUT2D eigenvalue weighted by Gasteiger charge is 2.53. The van der Waals surface area contributed by atoms with E-state index >= 15 is 0 Å². The normalized spacial score (nSPS) is 14.9. The Kier molecular flexibility index (Phi) is 6.74. The number of benzene rings is 8. The van der Waals surface area contributed by atoms with Crippen molar-refractivity contribution in [1.82, 2.24) is 0 Å². The average molecular weight is 758 g/mol. The first-order valence-corrected chi connectivity index (χ1v) is 20.4. The molecule has 0 unspecified atom stereocenters. The predicted octanol–water partition coefficient (Wildman–Crippen LogP) is 15.1. The highest BCUT2D eigenvalue weighted by molar-refractivity contribution is 6.06. The summed E-state index contributed by atoms with van der Waals surface area (Å²) in [4.78, 5) is 2.28. The lowest BCUT2D eigenvalue weighted by Crippen LogP contribution is -2.27. The Labute approximate surface area is 341 Å². The maximum Gasteiger partial charge on any atom is 0.172 e. The van der Waals surface area contributed by atoms with E-state index in [1.807, 2.05) is 18.2 Å². The Balaban J connectivity index is 0.920. The van der Waals surface area contributed by atoms with Crippen molar-refractivity contribution in [3.05, 3.63) is 216 Å². The second-order valence-corrected chi connectivity index (χ2v) is 15.9. The zero-order valence-corrected chi connectivity index (χ0v) is 32.0. The number of ether oxygens (including phenoxy) is 2. The molecule has 3 aliphatic carbocycles. The van der Waals surface area contributed by atoms with Gasteiger partial charge in [0.05, 0.1) is 11.1 Å². The molecule has 13 rings (SSSR count). The van der Waals surface area contributed by atoms with Crippen molar-refractivity contribution < 1.29 is 13.9 Å². The summed E-state index contributed by atoms with van der Waals surface area (Å²) in [6, 6.07) is 62.6. The molecular weight excluding hydrogens is 723 g/mol. The van der Waals surface area contributed by atoms with Gasteiger partial charge in [0, 0.05) is 28.2 Å². The number of furan rings is 1. The van der Waals surface area contributed by atoms with Crippen LogP contribution < -0.4 is 14.4 Å². The highest BCUT2D eigenvalue weighted by atomic mass is 16.6. The van der Waals surface area contributed by atoms with Crippen LogP contribution in [0.5, 0.6) is 23.0 Å². The third-order valence-corrected chi connectivity index (χ3v) is 12.8. The minimum atomic E-state index is -0.417. The number of nitrogens with zero attached hydrogens (tertiary/aromatic N) is 1. The van der Waals surface area contributed by atoms with E-state index in [-0.39, 0.29) is 0 Å². The fourth-order valence-corrected chi connectivity index (χ4v) is 10.3.